The standard InChI is InChI=1S/C13H7ClFN3O/c14-9-3-6-12(17-18-16)11(7-9)13(19)8-1-4-10(15)5-2-8/h1-7H. The van der Waals surface area contributed by atoms with Crippen LogP contribution in [0.4, 0.5) is 10.1 Å². The van der Waals surface area contributed by atoms with Crippen molar-refractivity contribution in [2.45, 2.75) is 0 Å². The van der Waals surface area contributed by atoms with E-state index in [1.165, 1.54) is 42.5 Å². The van der Waals surface area contributed by atoms with E-state index >= 15 is 0 Å². The third kappa shape index (κ3) is 2.91. The summed E-state index contributed by atoms with van der Waals surface area (Å²) < 4.78 is 12.8. The fourth-order valence-electron chi connectivity index (χ4n) is 1.58. The van der Waals surface area contributed by atoms with Gasteiger partial charge in [0.1, 0.15) is 5.82 Å². The van der Waals surface area contributed by atoms with Gasteiger partial charge in [-0.05, 0) is 41.9 Å². The van der Waals surface area contributed by atoms with Crippen molar-refractivity contribution in [2.24, 2.45) is 5.11 Å². The predicted octanol–water partition coefficient (Wildman–Crippen LogP) is 4.65. The summed E-state index contributed by atoms with van der Waals surface area (Å²) in [5.41, 5.74) is 9.12. The van der Waals surface area contributed by atoms with Gasteiger partial charge in [0.05, 0.1) is 0 Å². The first-order chi connectivity index (χ1) is 9.11. The Morgan fingerprint density at radius 1 is 1.21 bits per heavy atom. The second-order valence-electron chi connectivity index (χ2n) is 3.69. The molecule has 0 spiro atoms. The normalized spacial score (nSPS) is 9.79. The van der Waals surface area contributed by atoms with Crippen molar-refractivity contribution in [1.29, 1.82) is 0 Å². The van der Waals surface area contributed by atoms with E-state index in [1.54, 1.807) is 0 Å². The van der Waals surface area contributed by atoms with Crippen LogP contribution in [0.15, 0.2) is 47.6 Å². The molecule has 0 aliphatic rings. The summed E-state index contributed by atoms with van der Waals surface area (Å²) in [5, 5.41) is 3.79. The molecule has 0 N–H and O–H groups in total. The highest BCUT2D eigenvalue weighted by atomic mass is 35.5. The Balaban J connectivity index is 2.51. The quantitative estimate of drug-likeness (QED) is 0.348. The second kappa shape index (κ2) is 5.52. The van der Waals surface area contributed by atoms with Crippen LogP contribution in [0.1, 0.15) is 15.9 Å². The summed E-state index contributed by atoms with van der Waals surface area (Å²) in [6, 6.07) is 9.48. The van der Waals surface area contributed by atoms with Crippen LogP contribution in [0, 0.1) is 5.82 Å². The molecule has 4 nitrogen and oxygen atoms in total. The number of ketones is 1. The Morgan fingerprint density at radius 2 is 1.89 bits per heavy atom. The van der Waals surface area contributed by atoms with Crippen molar-refractivity contribution in [1.82, 2.24) is 0 Å². The number of rotatable bonds is 3. The van der Waals surface area contributed by atoms with E-state index in [-0.39, 0.29) is 22.6 Å². The molecule has 0 saturated heterocycles. The molecule has 0 fully saturated rings. The zero-order chi connectivity index (χ0) is 13.8. The maximum Gasteiger partial charge on any atom is 0.193 e. The zero-order valence-electron chi connectivity index (χ0n) is 9.55. The first-order valence-corrected chi connectivity index (χ1v) is 5.64. The molecule has 0 unspecified atom stereocenters. The molecular weight excluding hydrogens is 269 g/mol. The van der Waals surface area contributed by atoms with Gasteiger partial charge in [-0.1, -0.05) is 22.8 Å². The van der Waals surface area contributed by atoms with Gasteiger partial charge in [-0.25, -0.2) is 4.39 Å². The van der Waals surface area contributed by atoms with Gasteiger partial charge >= 0.3 is 0 Å². The highest BCUT2D eigenvalue weighted by molar-refractivity contribution is 6.31. The van der Waals surface area contributed by atoms with Crippen LogP contribution in [0.2, 0.25) is 5.02 Å². The van der Waals surface area contributed by atoms with Crippen LogP contribution in [0.25, 0.3) is 10.4 Å². The molecule has 19 heavy (non-hydrogen) atoms. The molecule has 0 radical (unpaired) electrons. The average molecular weight is 276 g/mol. The van der Waals surface area contributed by atoms with Crippen molar-refractivity contribution in [3.63, 3.8) is 0 Å². The van der Waals surface area contributed by atoms with Gasteiger partial charge in [-0.2, -0.15) is 0 Å². The number of hydrogen-bond acceptors (Lipinski definition) is 2. The lowest BCUT2D eigenvalue weighted by Crippen LogP contribution is -2.01. The van der Waals surface area contributed by atoms with E-state index in [0.717, 1.165) is 0 Å². The average Bonchev–Trinajstić information content (AvgIpc) is 2.41. The molecule has 94 valence electrons. The van der Waals surface area contributed by atoms with Gasteiger partial charge in [-0.3, -0.25) is 4.79 Å². The number of benzene rings is 2. The summed E-state index contributed by atoms with van der Waals surface area (Å²) >= 11 is 5.83. The van der Waals surface area contributed by atoms with Gasteiger partial charge in [-0.15, -0.1) is 0 Å². The van der Waals surface area contributed by atoms with Crippen LogP contribution < -0.4 is 0 Å². The monoisotopic (exact) mass is 275 g/mol. The Bertz CT molecular complexity index is 679. The molecule has 0 saturated carbocycles. The van der Waals surface area contributed by atoms with Crippen molar-refractivity contribution < 1.29 is 9.18 Å². The minimum Gasteiger partial charge on any atom is -0.289 e. The summed E-state index contributed by atoms with van der Waals surface area (Å²) in [6.07, 6.45) is 0. The maximum atomic E-state index is 12.8. The van der Waals surface area contributed by atoms with Crippen molar-refractivity contribution >= 4 is 23.1 Å². The van der Waals surface area contributed by atoms with E-state index in [0.29, 0.717) is 5.02 Å². The highest BCUT2D eigenvalue weighted by Gasteiger charge is 2.13. The largest absolute Gasteiger partial charge is 0.289 e. The molecule has 0 aromatic heterocycles. The van der Waals surface area contributed by atoms with Crippen LogP contribution >= 0.6 is 11.6 Å². The van der Waals surface area contributed by atoms with E-state index < -0.39 is 5.82 Å². The first kappa shape index (κ1) is 13.1. The Labute approximate surface area is 113 Å². The minimum absolute atomic E-state index is 0.178. The minimum atomic E-state index is -0.432. The van der Waals surface area contributed by atoms with Crippen LogP contribution in [-0.4, -0.2) is 5.78 Å². The molecule has 6 heteroatoms. The lowest BCUT2D eigenvalue weighted by atomic mass is 10.0. The summed E-state index contributed by atoms with van der Waals surface area (Å²) in [7, 11) is 0. The van der Waals surface area contributed by atoms with Gasteiger partial charge in [0.15, 0.2) is 5.78 Å². The molecule has 0 bridgehead atoms. The fraction of sp³-hybridized carbons (Fsp3) is 0. The molecular formula is C13H7ClFN3O. The van der Waals surface area contributed by atoms with E-state index in [2.05, 4.69) is 10.0 Å². The Kier molecular flexibility index (Phi) is 3.80. The SMILES string of the molecule is [N-]=[N+]=Nc1ccc(Cl)cc1C(=O)c1ccc(F)cc1. The van der Waals surface area contributed by atoms with Crippen LogP contribution in [-0.2, 0) is 0 Å². The van der Waals surface area contributed by atoms with E-state index in [4.69, 9.17) is 17.1 Å². The van der Waals surface area contributed by atoms with Crippen molar-refractivity contribution in [3.8, 4) is 0 Å². The number of carbonyl (C=O) groups excluding carboxylic acids is 1. The maximum absolute atomic E-state index is 12.8. The third-order valence-corrected chi connectivity index (χ3v) is 2.70. The summed E-state index contributed by atoms with van der Waals surface area (Å²) in [5.74, 6) is -0.817. The third-order valence-electron chi connectivity index (χ3n) is 2.46. The Hall–Kier alpha value is -2.36. The van der Waals surface area contributed by atoms with E-state index in [1.807, 2.05) is 0 Å². The molecule has 2 aromatic rings. The van der Waals surface area contributed by atoms with Crippen LogP contribution in [0.5, 0.6) is 0 Å². The summed E-state index contributed by atoms with van der Waals surface area (Å²) in [4.78, 5) is 14.9. The number of azide groups is 1. The fourth-order valence-corrected chi connectivity index (χ4v) is 1.75. The summed E-state index contributed by atoms with van der Waals surface area (Å²) in [6.45, 7) is 0. The lowest BCUT2D eigenvalue weighted by Gasteiger charge is -2.05. The van der Waals surface area contributed by atoms with E-state index in [9.17, 15) is 9.18 Å². The second-order valence-corrected chi connectivity index (χ2v) is 4.12. The molecule has 0 heterocycles. The van der Waals surface area contributed by atoms with Gasteiger partial charge in [0.2, 0.25) is 0 Å². The molecule has 0 aliphatic carbocycles. The molecule has 0 atom stereocenters. The number of halogens is 2. The first-order valence-electron chi connectivity index (χ1n) is 5.27. The molecule has 0 aliphatic heterocycles. The van der Waals surface area contributed by atoms with Crippen LogP contribution in [0.3, 0.4) is 0 Å². The van der Waals surface area contributed by atoms with Crippen molar-refractivity contribution in [3.05, 3.63) is 74.9 Å². The van der Waals surface area contributed by atoms with Crippen molar-refractivity contribution in [2.75, 3.05) is 0 Å². The highest BCUT2D eigenvalue weighted by Crippen LogP contribution is 2.26. The predicted molar refractivity (Wildman–Crippen MR) is 70.1 cm³/mol. The topological polar surface area (TPSA) is 65.8 Å². The van der Waals surface area contributed by atoms with Gasteiger partial charge < -0.3 is 0 Å². The molecule has 0 amide bonds. The van der Waals surface area contributed by atoms with Gasteiger partial charge in [0, 0.05) is 26.7 Å². The number of carbonyl (C=O) groups is 1. The Morgan fingerprint density at radius 3 is 2.53 bits per heavy atom. The number of hydrogen-bond donors (Lipinski definition) is 0. The number of nitrogens with zero attached hydrogens (tertiary/aromatic N) is 3. The van der Waals surface area contributed by atoms with Gasteiger partial charge in [0.25, 0.3) is 0 Å². The molecule has 2 rings (SSSR count). The lowest BCUT2D eigenvalue weighted by molar-refractivity contribution is 0.103. The zero-order valence-corrected chi connectivity index (χ0v) is 10.3. The molecule has 2 aromatic carbocycles. The smallest absolute Gasteiger partial charge is 0.193 e.